The van der Waals surface area contributed by atoms with Gasteiger partial charge in [0.15, 0.2) is 0 Å². The fourth-order valence-corrected chi connectivity index (χ4v) is 1.80. The van der Waals surface area contributed by atoms with Crippen molar-refractivity contribution in [1.29, 1.82) is 0 Å². The Morgan fingerprint density at radius 3 is 2.59 bits per heavy atom. The summed E-state index contributed by atoms with van der Waals surface area (Å²) in [6.07, 6.45) is -1.50. The second-order valence-corrected chi connectivity index (χ2v) is 4.68. The summed E-state index contributed by atoms with van der Waals surface area (Å²) in [6.45, 7) is 4.07. The topological polar surface area (TPSA) is 49.8 Å². The minimum absolute atomic E-state index is 0.116. The van der Waals surface area contributed by atoms with Crippen molar-refractivity contribution < 1.29 is 13.2 Å². The number of halogens is 4. The molecule has 0 fully saturated rings. The number of alkyl halides is 3. The normalized spacial score (nSPS) is 11.1. The van der Waals surface area contributed by atoms with Crippen molar-refractivity contribution in [3.63, 3.8) is 0 Å². The summed E-state index contributed by atoms with van der Waals surface area (Å²) in [5.41, 5.74) is -0.677. The van der Waals surface area contributed by atoms with E-state index in [-0.39, 0.29) is 10.7 Å². The number of hydrogen-bond acceptors (Lipinski definition) is 4. The van der Waals surface area contributed by atoms with Crippen LogP contribution in [0.5, 0.6) is 0 Å². The molecule has 0 atom stereocenters. The SMILES string of the molecule is C=CCNc1cc(Nc2cc(C(F)(F)F)ccc2Cl)ncn1. The Labute approximate surface area is 130 Å². The van der Waals surface area contributed by atoms with E-state index >= 15 is 0 Å². The largest absolute Gasteiger partial charge is 0.416 e. The maximum Gasteiger partial charge on any atom is 0.416 e. The van der Waals surface area contributed by atoms with E-state index in [9.17, 15) is 13.2 Å². The van der Waals surface area contributed by atoms with Gasteiger partial charge in [0.2, 0.25) is 0 Å². The van der Waals surface area contributed by atoms with Gasteiger partial charge in [0.05, 0.1) is 16.3 Å². The van der Waals surface area contributed by atoms with Gasteiger partial charge >= 0.3 is 6.18 Å². The van der Waals surface area contributed by atoms with E-state index in [2.05, 4.69) is 27.2 Å². The third-order valence-electron chi connectivity index (χ3n) is 2.65. The Morgan fingerprint density at radius 1 is 1.18 bits per heavy atom. The predicted molar refractivity (Wildman–Crippen MR) is 80.5 cm³/mol. The van der Waals surface area contributed by atoms with Gasteiger partial charge in [0.25, 0.3) is 0 Å². The minimum Gasteiger partial charge on any atom is -0.366 e. The highest BCUT2D eigenvalue weighted by molar-refractivity contribution is 6.33. The van der Waals surface area contributed by atoms with E-state index in [4.69, 9.17) is 11.6 Å². The molecule has 2 N–H and O–H groups in total. The zero-order valence-electron chi connectivity index (χ0n) is 11.3. The highest BCUT2D eigenvalue weighted by Crippen LogP contribution is 2.34. The summed E-state index contributed by atoms with van der Waals surface area (Å²) in [6, 6.07) is 4.59. The number of aromatic nitrogens is 2. The molecule has 2 aromatic rings. The van der Waals surface area contributed by atoms with Crippen LogP contribution in [-0.4, -0.2) is 16.5 Å². The van der Waals surface area contributed by atoms with E-state index < -0.39 is 11.7 Å². The molecule has 0 amide bonds. The summed E-state index contributed by atoms with van der Waals surface area (Å²) in [7, 11) is 0. The zero-order chi connectivity index (χ0) is 16.2. The third-order valence-corrected chi connectivity index (χ3v) is 2.98. The molecule has 0 aliphatic heterocycles. The summed E-state index contributed by atoms with van der Waals surface area (Å²) in [5, 5.41) is 5.86. The van der Waals surface area contributed by atoms with Gasteiger partial charge in [-0.2, -0.15) is 13.2 Å². The van der Waals surface area contributed by atoms with Gasteiger partial charge in [0, 0.05) is 12.6 Å². The molecule has 1 aromatic heterocycles. The summed E-state index contributed by atoms with van der Waals surface area (Å²) < 4.78 is 38.2. The van der Waals surface area contributed by atoms with Gasteiger partial charge in [-0.25, -0.2) is 9.97 Å². The molecule has 0 aliphatic carbocycles. The van der Waals surface area contributed by atoms with Gasteiger partial charge < -0.3 is 10.6 Å². The van der Waals surface area contributed by atoms with E-state index in [0.717, 1.165) is 12.1 Å². The average Bonchev–Trinajstić information content (AvgIpc) is 2.46. The quantitative estimate of drug-likeness (QED) is 0.794. The maximum atomic E-state index is 12.7. The molecule has 1 aromatic carbocycles. The van der Waals surface area contributed by atoms with Crippen LogP contribution in [-0.2, 0) is 6.18 Å². The molecule has 0 radical (unpaired) electrons. The lowest BCUT2D eigenvalue weighted by atomic mass is 10.2. The van der Waals surface area contributed by atoms with Gasteiger partial charge in [-0.3, -0.25) is 0 Å². The van der Waals surface area contributed by atoms with Gasteiger partial charge in [-0.15, -0.1) is 6.58 Å². The van der Waals surface area contributed by atoms with Crippen molar-refractivity contribution in [2.75, 3.05) is 17.2 Å². The number of rotatable bonds is 5. The molecule has 4 nitrogen and oxygen atoms in total. The molecule has 8 heteroatoms. The molecule has 0 aliphatic rings. The van der Waals surface area contributed by atoms with E-state index in [1.165, 1.54) is 12.4 Å². The fraction of sp³-hybridized carbons (Fsp3) is 0.143. The molecular formula is C14H12ClF3N4. The number of hydrogen-bond donors (Lipinski definition) is 2. The number of benzene rings is 1. The van der Waals surface area contributed by atoms with Crippen molar-refractivity contribution in [2.45, 2.75) is 6.18 Å². The van der Waals surface area contributed by atoms with Crippen LogP contribution >= 0.6 is 11.6 Å². The van der Waals surface area contributed by atoms with Crippen LogP contribution in [0.1, 0.15) is 5.56 Å². The lowest BCUT2D eigenvalue weighted by Gasteiger charge is -2.12. The molecule has 0 bridgehead atoms. The first-order valence-corrected chi connectivity index (χ1v) is 6.58. The molecular weight excluding hydrogens is 317 g/mol. The Bertz CT molecular complexity index is 673. The number of nitrogens with zero attached hydrogens (tertiary/aromatic N) is 2. The third kappa shape index (κ3) is 4.11. The molecule has 1 heterocycles. The summed E-state index contributed by atoms with van der Waals surface area (Å²) in [4.78, 5) is 7.92. The molecule has 22 heavy (non-hydrogen) atoms. The van der Waals surface area contributed by atoms with Crippen LogP contribution in [0.3, 0.4) is 0 Å². The first-order valence-electron chi connectivity index (χ1n) is 6.20. The van der Waals surface area contributed by atoms with Crippen LogP contribution < -0.4 is 10.6 Å². The van der Waals surface area contributed by atoms with Crippen LogP contribution in [0, 0.1) is 0 Å². The second-order valence-electron chi connectivity index (χ2n) is 4.28. The molecule has 116 valence electrons. The molecule has 2 rings (SSSR count). The molecule has 0 unspecified atom stereocenters. The highest BCUT2D eigenvalue weighted by atomic mass is 35.5. The Morgan fingerprint density at radius 2 is 1.91 bits per heavy atom. The van der Waals surface area contributed by atoms with E-state index in [1.54, 1.807) is 12.1 Å². The van der Waals surface area contributed by atoms with E-state index in [0.29, 0.717) is 18.2 Å². The molecule has 0 saturated heterocycles. The smallest absolute Gasteiger partial charge is 0.366 e. The number of nitrogens with one attached hydrogen (secondary N) is 2. The van der Waals surface area contributed by atoms with Crippen LogP contribution in [0.25, 0.3) is 0 Å². The van der Waals surface area contributed by atoms with Crippen molar-refractivity contribution in [3.05, 3.63) is 53.8 Å². The molecule has 0 spiro atoms. The van der Waals surface area contributed by atoms with Gasteiger partial charge in [-0.05, 0) is 18.2 Å². The number of anilines is 3. The first kappa shape index (κ1) is 16.1. The minimum atomic E-state index is -4.44. The Balaban J connectivity index is 2.25. The van der Waals surface area contributed by atoms with Crippen molar-refractivity contribution >= 4 is 28.9 Å². The fourth-order valence-electron chi connectivity index (χ4n) is 1.63. The average molecular weight is 329 g/mol. The van der Waals surface area contributed by atoms with E-state index in [1.807, 2.05) is 0 Å². The molecule has 0 saturated carbocycles. The van der Waals surface area contributed by atoms with Crippen molar-refractivity contribution in [3.8, 4) is 0 Å². The Kier molecular flexibility index (Phi) is 4.87. The van der Waals surface area contributed by atoms with Crippen molar-refractivity contribution in [1.82, 2.24) is 9.97 Å². The van der Waals surface area contributed by atoms with Crippen molar-refractivity contribution in [2.24, 2.45) is 0 Å². The zero-order valence-corrected chi connectivity index (χ0v) is 12.0. The van der Waals surface area contributed by atoms with Gasteiger partial charge in [-0.1, -0.05) is 17.7 Å². The highest BCUT2D eigenvalue weighted by Gasteiger charge is 2.31. The summed E-state index contributed by atoms with van der Waals surface area (Å²) in [5.74, 6) is 0.836. The summed E-state index contributed by atoms with van der Waals surface area (Å²) >= 11 is 5.92. The first-order chi connectivity index (χ1) is 10.4. The van der Waals surface area contributed by atoms with Crippen LogP contribution in [0.4, 0.5) is 30.5 Å². The maximum absolute atomic E-state index is 12.7. The lowest BCUT2D eigenvalue weighted by molar-refractivity contribution is -0.137. The lowest BCUT2D eigenvalue weighted by Crippen LogP contribution is -2.06. The predicted octanol–water partition coefficient (Wildman–Crippen LogP) is 4.49. The van der Waals surface area contributed by atoms with Crippen LogP contribution in [0.15, 0.2) is 43.2 Å². The van der Waals surface area contributed by atoms with Gasteiger partial charge in [0.1, 0.15) is 18.0 Å². The second kappa shape index (κ2) is 6.65. The van der Waals surface area contributed by atoms with Crippen LogP contribution in [0.2, 0.25) is 5.02 Å². The monoisotopic (exact) mass is 328 g/mol. The Hall–Kier alpha value is -2.28. The standard InChI is InChI=1S/C14H12ClF3N4/c1-2-5-19-12-7-13(21-8-20-12)22-11-6-9(14(16,17)18)3-4-10(11)15/h2-4,6-8H,1,5H2,(H2,19,20,21,22).